The SMILES string of the molecule is N[C@H]1CC[C@H](Nc2c3c(nc4c(Br)cnn24)C2(CCCC2)C(OCC(F)F)C3)C1. The molecule has 2 heterocycles. The molecule has 9 heteroatoms. The minimum absolute atomic E-state index is 0.213. The summed E-state index contributed by atoms with van der Waals surface area (Å²) >= 11 is 3.57. The summed E-state index contributed by atoms with van der Waals surface area (Å²) in [5.41, 5.74) is 8.67. The first-order valence-corrected chi connectivity index (χ1v) is 11.3. The summed E-state index contributed by atoms with van der Waals surface area (Å²) in [5.74, 6) is 0.921. The number of hydrogen-bond acceptors (Lipinski definition) is 5. The molecule has 3 aliphatic rings. The number of rotatable bonds is 5. The van der Waals surface area contributed by atoms with Gasteiger partial charge in [0.25, 0.3) is 6.43 Å². The molecule has 158 valence electrons. The molecular weight excluding hydrogens is 444 g/mol. The Bertz CT molecular complexity index is 914. The molecular formula is C20H26BrF2N5O. The Morgan fingerprint density at radius 3 is 2.83 bits per heavy atom. The first-order valence-electron chi connectivity index (χ1n) is 10.5. The maximum absolute atomic E-state index is 12.9. The van der Waals surface area contributed by atoms with Crippen molar-refractivity contribution in [2.75, 3.05) is 11.9 Å². The van der Waals surface area contributed by atoms with Crippen LogP contribution < -0.4 is 11.1 Å². The molecule has 2 saturated carbocycles. The second kappa shape index (κ2) is 7.42. The number of halogens is 3. The van der Waals surface area contributed by atoms with E-state index in [9.17, 15) is 8.78 Å². The van der Waals surface area contributed by atoms with Gasteiger partial charge in [-0.3, -0.25) is 0 Å². The second-order valence-electron chi connectivity index (χ2n) is 8.71. The van der Waals surface area contributed by atoms with Crippen molar-refractivity contribution in [1.29, 1.82) is 0 Å². The van der Waals surface area contributed by atoms with Gasteiger partial charge in [0.1, 0.15) is 12.4 Å². The molecule has 5 rings (SSSR count). The lowest BCUT2D eigenvalue weighted by atomic mass is 9.81. The summed E-state index contributed by atoms with van der Waals surface area (Å²) in [5, 5.41) is 8.20. The number of nitrogens with zero attached hydrogens (tertiary/aromatic N) is 3. The Balaban J connectivity index is 1.60. The summed E-state index contributed by atoms with van der Waals surface area (Å²) in [6, 6.07) is 0.494. The quantitative estimate of drug-likeness (QED) is 0.696. The average molecular weight is 470 g/mol. The molecule has 2 aromatic rings. The van der Waals surface area contributed by atoms with E-state index in [2.05, 4.69) is 26.3 Å². The molecule has 3 N–H and O–H groups in total. The van der Waals surface area contributed by atoms with Crippen LogP contribution in [0.15, 0.2) is 10.7 Å². The Morgan fingerprint density at radius 2 is 2.14 bits per heavy atom. The molecule has 29 heavy (non-hydrogen) atoms. The predicted octanol–water partition coefficient (Wildman–Crippen LogP) is 3.80. The molecule has 1 spiro atoms. The van der Waals surface area contributed by atoms with Gasteiger partial charge in [0.05, 0.1) is 22.5 Å². The van der Waals surface area contributed by atoms with E-state index in [0.717, 1.165) is 72.1 Å². The molecule has 3 aliphatic carbocycles. The van der Waals surface area contributed by atoms with Gasteiger partial charge in [0.15, 0.2) is 5.65 Å². The molecule has 2 fully saturated rings. The van der Waals surface area contributed by atoms with Crippen molar-refractivity contribution in [3.63, 3.8) is 0 Å². The largest absolute Gasteiger partial charge is 0.371 e. The van der Waals surface area contributed by atoms with E-state index >= 15 is 0 Å². The summed E-state index contributed by atoms with van der Waals surface area (Å²) in [7, 11) is 0. The van der Waals surface area contributed by atoms with E-state index in [0.29, 0.717) is 6.42 Å². The van der Waals surface area contributed by atoms with E-state index in [4.69, 9.17) is 15.5 Å². The predicted molar refractivity (Wildman–Crippen MR) is 110 cm³/mol. The lowest BCUT2D eigenvalue weighted by molar-refractivity contribution is -0.0498. The van der Waals surface area contributed by atoms with Crippen LogP contribution >= 0.6 is 15.9 Å². The lowest BCUT2D eigenvalue weighted by Crippen LogP contribution is -2.37. The van der Waals surface area contributed by atoms with Crippen molar-refractivity contribution >= 4 is 27.4 Å². The maximum Gasteiger partial charge on any atom is 0.261 e. The molecule has 0 amide bonds. The van der Waals surface area contributed by atoms with E-state index in [1.807, 2.05) is 4.52 Å². The van der Waals surface area contributed by atoms with E-state index in [1.54, 1.807) is 6.20 Å². The molecule has 0 aromatic carbocycles. The third kappa shape index (κ3) is 3.25. The fourth-order valence-electron chi connectivity index (χ4n) is 5.60. The number of alkyl halides is 2. The molecule has 0 bridgehead atoms. The zero-order valence-electron chi connectivity index (χ0n) is 16.2. The highest BCUT2D eigenvalue weighted by Gasteiger charge is 2.52. The van der Waals surface area contributed by atoms with Gasteiger partial charge in [-0.2, -0.15) is 9.61 Å². The van der Waals surface area contributed by atoms with E-state index in [1.165, 1.54) is 0 Å². The van der Waals surface area contributed by atoms with Crippen molar-refractivity contribution in [3.05, 3.63) is 21.9 Å². The highest BCUT2D eigenvalue weighted by Crippen LogP contribution is 2.52. The fraction of sp³-hybridized carbons (Fsp3) is 0.700. The van der Waals surface area contributed by atoms with Gasteiger partial charge < -0.3 is 15.8 Å². The standard InChI is InChI=1S/C20H26BrF2N5O/c21-14-9-25-28-18(26-12-4-3-11(24)7-12)13-8-15(29-10-16(22)23)20(5-1-2-6-20)17(13)27-19(14)28/h9,11-12,15-16,26H,1-8,10,24H2/t11-,12-,15?/m0/s1. The van der Waals surface area contributed by atoms with Gasteiger partial charge in [0, 0.05) is 29.5 Å². The molecule has 2 aromatic heterocycles. The third-order valence-electron chi connectivity index (χ3n) is 6.91. The number of aromatic nitrogens is 3. The van der Waals surface area contributed by atoms with Crippen LogP contribution in [0.3, 0.4) is 0 Å². The van der Waals surface area contributed by atoms with Gasteiger partial charge in [-0.25, -0.2) is 13.8 Å². The van der Waals surface area contributed by atoms with Crippen LogP contribution in [0.1, 0.15) is 56.2 Å². The average Bonchev–Trinajstić information content (AvgIpc) is 3.45. The molecule has 6 nitrogen and oxygen atoms in total. The first kappa shape index (κ1) is 19.6. The number of nitrogens with one attached hydrogen (secondary N) is 1. The summed E-state index contributed by atoms with van der Waals surface area (Å²) in [6.45, 7) is -0.526. The minimum Gasteiger partial charge on any atom is -0.371 e. The Kier molecular flexibility index (Phi) is 5.03. The van der Waals surface area contributed by atoms with Crippen molar-refractivity contribution in [2.24, 2.45) is 5.73 Å². The normalized spacial score (nSPS) is 28.1. The summed E-state index contributed by atoms with van der Waals surface area (Å²) < 4.78 is 34.3. The number of anilines is 1. The number of nitrogens with two attached hydrogens (primary N) is 1. The Labute approximate surface area is 176 Å². The second-order valence-corrected chi connectivity index (χ2v) is 9.56. The Hall–Kier alpha value is -1.32. The van der Waals surface area contributed by atoms with Crippen LogP contribution in [-0.4, -0.2) is 45.8 Å². The van der Waals surface area contributed by atoms with Crippen molar-refractivity contribution in [3.8, 4) is 0 Å². The first-order chi connectivity index (χ1) is 14.0. The van der Waals surface area contributed by atoms with Gasteiger partial charge in [0.2, 0.25) is 0 Å². The van der Waals surface area contributed by atoms with Crippen LogP contribution in [0.2, 0.25) is 0 Å². The van der Waals surface area contributed by atoms with Crippen LogP contribution in [0.25, 0.3) is 5.65 Å². The van der Waals surface area contributed by atoms with E-state index < -0.39 is 13.0 Å². The third-order valence-corrected chi connectivity index (χ3v) is 7.47. The van der Waals surface area contributed by atoms with Crippen molar-refractivity contribution < 1.29 is 13.5 Å². The lowest BCUT2D eigenvalue weighted by Gasteiger charge is -2.31. The Morgan fingerprint density at radius 1 is 1.34 bits per heavy atom. The maximum atomic E-state index is 12.9. The topological polar surface area (TPSA) is 77.5 Å². The molecule has 3 atom stereocenters. The molecule has 0 radical (unpaired) electrons. The minimum atomic E-state index is -2.46. The van der Waals surface area contributed by atoms with Gasteiger partial charge in [-0.15, -0.1) is 0 Å². The van der Waals surface area contributed by atoms with Gasteiger partial charge >= 0.3 is 0 Å². The zero-order valence-corrected chi connectivity index (χ0v) is 17.8. The number of hydrogen-bond donors (Lipinski definition) is 2. The van der Waals surface area contributed by atoms with Crippen molar-refractivity contribution in [1.82, 2.24) is 14.6 Å². The van der Waals surface area contributed by atoms with Gasteiger partial charge in [-0.1, -0.05) is 12.8 Å². The molecule has 0 aliphatic heterocycles. The van der Waals surface area contributed by atoms with Crippen LogP contribution in [0.5, 0.6) is 0 Å². The molecule has 1 unspecified atom stereocenters. The number of fused-ring (bicyclic) bond motifs is 3. The fourth-order valence-corrected chi connectivity index (χ4v) is 5.95. The van der Waals surface area contributed by atoms with E-state index in [-0.39, 0.29) is 23.6 Å². The molecule has 0 saturated heterocycles. The van der Waals surface area contributed by atoms with Crippen LogP contribution in [0, 0.1) is 0 Å². The smallest absolute Gasteiger partial charge is 0.261 e. The monoisotopic (exact) mass is 469 g/mol. The van der Waals surface area contributed by atoms with Crippen LogP contribution in [-0.2, 0) is 16.6 Å². The van der Waals surface area contributed by atoms with Crippen molar-refractivity contribution in [2.45, 2.75) is 81.4 Å². The highest BCUT2D eigenvalue weighted by molar-refractivity contribution is 9.10. The number of ether oxygens (including phenoxy) is 1. The van der Waals surface area contributed by atoms with Crippen LogP contribution in [0.4, 0.5) is 14.6 Å². The highest BCUT2D eigenvalue weighted by atomic mass is 79.9. The summed E-state index contributed by atoms with van der Waals surface area (Å²) in [6.07, 6.45) is 6.54. The van der Waals surface area contributed by atoms with Gasteiger partial charge in [-0.05, 0) is 48.0 Å². The summed E-state index contributed by atoms with van der Waals surface area (Å²) in [4.78, 5) is 5.00. The zero-order chi connectivity index (χ0) is 20.2.